The minimum absolute atomic E-state index is 0.144. The van der Waals surface area contributed by atoms with E-state index in [4.69, 9.17) is 4.74 Å². The zero-order valence-corrected chi connectivity index (χ0v) is 12.9. The molecule has 2 aromatic rings. The molecule has 1 aromatic carbocycles. The van der Waals surface area contributed by atoms with Gasteiger partial charge in [-0.05, 0) is 38.5 Å². The molecule has 1 amide bonds. The summed E-state index contributed by atoms with van der Waals surface area (Å²) in [4.78, 5) is 27.0. The topological polar surface area (TPSA) is 71.2 Å². The molecule has 0 bridgehead atoms. The lowest BCUT2D eigenvalue weighted by Crippen LogP contribution is -2.15. The van der Waals surface area contributed by atoms with Gasteiger partial charge in [0.15, 0.2) is 0 Å². The third-order valence-electron chi connectivity index (χ3n) is 3.32. The van der Waals surface area contributed by atoms with Gasteiger partial charge < -0.3 is 15.0 Å². The van der Waals surface area contributed by atoms with Crippen LogP contribution in [0.2, 0.25) is 0 Å². The Morgan fingerprint density at radius 2 is 1.96 bits per heavy atom. The van der Waals surface area contributed by atoms with Gasteiger partial charge in [-0.1, -0.05) is 0 Å². The van der Waals surface area contributed by atoms with Crippen molar-refractivity contribution in [3.63, 3.8) is 0 Å². The van der Waals surface area contributed by atoms with E-state index < -0.39 is 23.5 Å². The molecule has 0 aliphatic heterocycles. The van der Waals surface area contributed by atoms with E-state index >= 15 is 0 Å². The van der Waals surface area contributed by atoms with Crippen LogP contribution in [-0.4, -0.2) is 23.5 Å². The van der Waals surface area contributed by atoms with Crippen molar-refractivity contribution < 1.29 is 23.1 Å². The molecule has 0 fully saturated rings. The van der Waals surface area contributed by atoms with E-state index in [9.17, 15) is 18.4 Å². The maximum absolute atomic E-state index is 13.6. The van der Waals surface area contributed by atoms with Crippen LogP contribution < -0.4 is 5.32 Å². The fourth-order valence-electron chi connectivity index (χ4n) is 2.27. The van der Waals surface area contributed by atoms with Crippen molar-refractivity contribution in [2.45, 2.75) is 20.8 Å². The molecule has 122 valence electrons. The Bertz CT molecular complexity index is 769. The van der Waals surface area contributed by atoms with E-state index in [-0.39, 0.29) is 23.6 Å². The number of benzene rings is 1. The Hall–Kier alpha value is -2.70. The molecule has 0 unspecified atom stereocenters. The van der Waals surface area contributed by atoms with Crippen LogP contribution in [0, 0.1) is 25.5 Å². The number of hydrogen-bond acceptors (Lipinski definition) is 3. The number of amides is 1. The number of ether oxygens (including phenoxy) is 1. The molecule has 2 rings (SSSR count). The summed E-state index contributed by atoms with van der Waals surface area (Å²) in [5.74, 6) is -2.79. The third kappa shape index (κ3) is 3.39. The average molecular weight is 322 g/mol. The molecule has 0 atom stereocenters. The molecule has 0 saturated carbocycles. The van der Waals surface area contributed by atoms with E-state index in [1.165, 1.54) is 0 Å². The lowest BCUT2D eigenvalue weighted by Gasteiger charge is -2.07. The smallest absolute Gasteiger partial charge is 0.355 e. The van der Waals surface area contributed by atoms with Crippen molar-refractivity contribution in [2.75, 3.05) is 11.9 Å². The first-order valence-corrected chi connectivity index (χ1v) is 6.97. The lowest BCUT2D eigenvalue weighted by atomic mass is 10.1. The van der Waals surface area contributed by atoms with E-state index in [0.717, 1.165) is 12.1 Å². The van der Waals surface area contributed by atoms with Crippen LogP contribution in [0.5, 0.6) is 0 Å². The van der Waals surface area contributed by atoms with Gasteiger partial charge in [-0.25, -0.2) is 13.6 Å². The standard InChI is InChI=1S/C16H16F2N2O3/c1-4-23-16(22)14-8(2)13(9(3)19-14)15(21)20-12-6-5-10(17)7-11(12)18/h5-7,19H,4H2,1-3H3,(H,20,21). The van der Waals surface area contributed by atoms with Crippen molar-refractivity contribution in [1.82, 2.24) is 4.98 Å². The van der Waals surface area contributed by atoms with Crippen LogP contribution in [0.3, 0.4) is 0 Å². The number of aromatic amines is 1. The van der Waals surface area contributed by atoms with Crippen molar-refractivity contribution in [3.05, 3.63) is 52.3 Å². The summed E-state index contributed by atoms with van der Waals surface area (Å²) in [6.07, 6.45) is 0. The van der Waals surface area contributed by atoms with Crippen LogP contribution in [-0.2, 0) is 4.74 Å². The Morgan fingerprint density at radius 1 is 1.26 bits per heavy atom. The van der Waals surface area contributed by atoms with Crippen LogP contribution in [0.25, 0.3) is 0 Å². The van der Waals surface area contributed by atoms with E-state index in [1.807, 2.05) is 0 Å². The molecule has 0 radical (unpaired) electrons. The van der Waals surface area contributed by atoms with Crippen LogP contribution in [0.4, 0.5) is 14.5 Å². The summed E-state index contributed by atoms with van der Waals surface area (Å²) in [5, 5.41) is 2.37. The molecule has 23 heavy (non-hydrogen) atoms. The molecule has 1 aromatic heterocycles. The van der Waals surface area contributed by atoms with Crippen molar-refractivity contribution in [1.29, 1.82) is 0 Å². The summed E-state index contributed by atoms with van der Waals surface area (Å²) in [5.41, 5.74) is 1.10. The number of anilines is 1. The number of esters is 1. The largest absolute Gasteiger partial charge is 0.461 e. The average Bonchev–Trinajstić information content (AvgIpc) is 2.77. The number of halogens is 2. The lowest BCUT2D eigenvalue weighted by molar-refractivity contribution is 0.0519. The van der Waals surface area contributed by atoms with Crippen LogP contribution in [0.15, 0.2) is 18.2 Å². The van der Waals surface area contributed by atoms with Crippen molar-refractivity contribution >= 4 is 17.6 Å². The SMILES string of the molecule is CCOC(=O)c1[nH]c(C)c(C(=O)Nc2ccc(F)cc2F)c1C. The van der Waals surface area contributed by atoms with Gasteiger partial charge in [0.1, 0.15) is 17.3 Å². The predicted octanol–water partition coefficient (Wildman–Crippen LogP) is 3.34. The molecule has 2 N–H and O–H groups in total. The molecule has 0 aliphatic rings. The normalized spacial score (nSPS) is 10.5. The predicted molar refractivity (Wildman–Crippen MR) is 80.5 cm³/mol. The Morgan fingerprint density at radius 3 is 2.57 bits per heavy atom. The number of carbonyl (C=O) groups excluding carboxylic acids is 2. The molecular formula is C16H16F2N2O3. The van der Waals surface area contributed by atoms with Crippen LogP contribution in [0.1, 0.15) is 39.0 Å². The first-order chi connectivity index (χ1) is 10.8. The minimum atomic E-state index is -0.880. The first-order valence-electron chi connectivity index (χ1n) is 6.97. The van der Waals surface area contributed by atoms with Crippen molar-refractivity contribution in [3.8, 4) is 0 Å². The fourth-order valence-corrected chi connectivity index (χ4v) is 2.27. The molecular weight excluding hydrogens is 306 g/mol. The van der Waals surface area contributed by atoms with E-state index in [1.54, 1.807) is 20.8 Å². The number of aryl methyl sites for hydroxylation is 1. The Balaban J connectivity index is 2.31. The number of H-pyrrole nitrogens is 1. The summed E-state index contributed by atoms with van der Waals surface area (Å²) in [7, 11) is 0. The monoisotopic (exact) mass is 322 g/mol. The van der Waals surface area contributed by atoms with Gasteiger partial charge in [-0.2, -0.15) is 0 Å². The maximum Gasteiger partial charge on any atom is 0.355 e. The second-order valence-electron chi connectivity index (χ2n) is 4.92. The number of nitrogens with one attached hydrogen (secondary N) is 2. The van der Waals surface area contributed by atoms with Crippen LogP contribution >= 0.6 is 0 Å². The van der Waals surface area contributed by atoms with Gasteiger partial charge in [0.25, 0.3) is 5.91 Å². The highest BCUT2D eigenvalue weighted by molar-refractivity contribution is 6.08. The van der Waals surface area contributed by atoms with Gasteiger partial charge in [-0.15, -0.1) is 0 Å². The van der Waals surface area contributed by atoms with Gasteiger partial charge in [0.05, 0.1) is 17.9 Å². The number of carbonyl (C=O) groups is 2. The number of rotatable bonds is 4. The van der Waals surface area contributed by atoms with Gasteiger partial charge in [0.2, 0.25) is 0 Å². The van der Waals surface area contributed by atoms with Crippen molar-refractivity contribution in [2.24, 2.45) is 0 Å². The zero-order valence-electron chi connectivity index (χ0n) is 12.9. The molecule has 7 heteroatoms. The second kappa shape index (κ2) is 6.60. The Kier molecular flexibility index (Phi) is 4.78. The molecule has 1 heterocycles. The summed E-state index contributed by atoms with van der Waals surface area (Å²) in [6.45, 7) is 5.09. The first kappa shape index (κ1) is 16.7. The molecule has 0 spiro atoms. The summed E-state index contributed by atoms with van der Waals surface area (Å²) < 4.78 is 31.4. The number of hydrogen-bond donors (Lipinski definition) is 2. The van der Waals surface area contributed by atoms with E-state index in [0.29, 0.717) is 17.3 Å². The molecule has 5 nitrogen and oxygen atoms in total. The van der Waals surface area contributed by atoms with Gasteiger partial charge in [0, 0.05) is 11.8 Å². The Labute approximate surface area is 131 Å². The molecule has 0 aliphatic carbocycles. The fraction of sp³-hybridized carbons (Fsp3) is 0.250. The highest BCUT2D eigenvalue weighted by atomic mass is 19.1. The van der Waals surface area contributed by atoms with Gasteiger partial charge in [-0.3, -0.25) is 4.79 Å². The quantitative estimate of drug-likeness (QED) is 0.848. The molecule has 0 saturated heterocycles. The summed E-state index contributed by atoms with van der Waals surface area (Å²) >= 11 is 0. The highest BCUT2D eigenvalue weighted by Gasteiger charge is 2.23. The maximum atomic E-state index is 13.6. The highest BCUT2D eigenvalue weighted by Crippen LogP contribution is 2.22. The summed E-state index contributed by atoms with van der Waals surface area (Å²) in [6, 6.07) is 2.85. The number of aromatic nitrogens is 1. The third-order valence-corrected chi connectivity index (χ3v) is 3.32. The zero-order chi connectivity index (χ0) is 17.1. The second-order valence-corrected chi connectivity index (χ2v) is 4.92. The van der Waals surface area contributed by atoms with E-state index in [2.05, 4.69) is 10.3 Å². The van der Waals surface area contributed by atoms with Gasteiger partial charge >= 0.3 is 5.97 Å². The minimum Gasteiger partial charge on any atom is -0.461 e.